The summed E-state index contributed by atoms with van der Waals surface area (Å²) in [4.78, 5) is 23.5. The maximum atomic E-state index is 12.1. The molecule has 0 aliphatic heterocycles. The number of carbonyl (C=O) groups is 2. The Hall–Kier alpha value is -2.52. The average molecular weight is 350 g/mol. The zero-order chi connectivity index (χ0) is 17.5. The van der Waals surface area contributed by atoms with Crippen LogP contribution in [-0.2, 0) is 14.3 Å². The van der Waals surface area contributed by atoms with Crippen molar-refractivity contribution in [2.45, 2.75) is 13.0 Å². The van der Waals surface area contributed by atoms with Crippen molar-refractivity contribution in [2.24, 2.45) is 0 Å². The number of anilines is 1. The van der Waals surface area contributed by atoms with Gasteiger partial charge in [0, 0.05) is 12.7 Å². The van der Waals surface area contributed by atoms with E-state index in [4.69, 9.17) is 9.47 Å². The summed E-state index contributed by atoms with van der Waals surface area (Å²) in [6, 6.07) is 6.68. The molecule has 0 fully saturated rings. The molecular formula is C15H18N4O4S. The first-order chi connectivity index (χ1) is 11.5. The summed E-state index contributed by atoms with van der Waals surface area (Å²) in [6.45, 7) is 1.48. The topological polar surface area (TPSA) is 102 Å². The number of hydrogen-bond donors (Lipinski definition) is 2. The van der Waals surface area contributed by atoms with Crippen molar-refractivity contribution < 1.29 is 19.1 Å². The molecule has 0 saturated heterocycles. The zero-order valence-corrected chi connectivity index (χ0v) is 14.3. The molecule has 128 valence electrons. The first-order valence-corrected chi connectivity index (χ1v) is 7.92. The smallest absolute Gasteiger partial charge is 0.248 e. The molecule has 24 heavy (non-hydrogen) atoms. The van der Waals surface area contributed by atoms with Crippen LogP contribution in [0.25, 0.3) is 10.6 Å². The maximum Gasteiger partial charge on any atom is 0.248 e. The fourth-order valence-electron chi connectivity index (χ4n) is 1.84. The molecule has 1 atom stereocenters. The predicted octanol–water partition coefficient (Wildman–Crippen LogP) is 1.30. The summed E-state index contributed by atoms with van der Waals surface area (Å²) in [7, 11) is 3.00. The molecule has 1 heterocycles. The summed E-state index contributed by atoms with van der Waals surface area (Å²) in [5.74, 6) is -0.0370. The Morgan fingerprint density at radius 1 is 1.29 bits per heavy atom. The van der Waals surface area contributed by atoms with E-state index in [0.717, 1.165) is 5.56 Å². The monoisotopic (exact) mass is 350 g/mol. The number of benzene rings is 1. The number of ether oxygens (including phenoxy) is 2. The van der Waals surface area contributed by atoms with Crippen LogP contribution in [0.1, 0.15) is 6.92 Å². The normalized spacial score (nSPS) is 11.6. The van der Waals surface area contributed by atoms with Crippen LogP contribution in [-0.4, -0.2) is 48.9 Å². The number of hydrogen-bond acceptors (Lipinski definition) is 7. The number of amides is 2. The third-order valence-corrected chi connectivity index (χ3v) is 3.91. The fourth-order valence-corrected chi connectivity index (χ4v) is 2.58. The van der Waals surface area contributed by atoms with Gasteiger partial charge in [-0.3, -0.25) is 14.9 Å². The predicted molar refractivity (Wildman–Crippen MR) is 90.0 cm³/mol. The standard InChI is InChI=1S/C15H18N4O4S/c1-9(16-12(20)8-22-2)13(21)17-15-19-18-14(24-15)10-5-4-6-11(7-10)23-3/h4-7,9H,8H2,1-3H3,(H,16,20)(H,17,19,21). The van der Waals surface area contributed by atoms with Gasteiger partial charge in [0.05, 0.1) is 7.11 Å². The highest BCUT2D eigenvalue weighted by atomic mass is 32.1. The molecule has 0 radical (unpaired) electrons. The Morgan fingerprint density at radius 2 is 2.08 bits per heavy atom. The van der Waals surface area contributed by atoms with Gasteiger partial charge in [0.25, 0.3) is 0 Å². The highest BCUT2D eigenvalue weighted by Crippen LogP contribution is 2.28. The number of nitrogens with zero attached hydrogens (tertiary/aromatic N) is 2. The minimum atomic E-state index is -0.711. The van der Waals surface area contributed by atoms with Crippen molar-refractivity contribution in [1.29, 1.82) is 0 Å². The van der Waals surface area contributed by atoms with Crippen LogP contribution in [0.4, 0.5) is 5.13 Å². The number of aromatic nitrogens is 2. The van der Waals surface area contributed by atoms with Crippen LogP contribution in [0, 0.1) is 0 Å². The van der Waals surface area contributed by atoms with Crippen LogP contribution < -0.4 is 15.4 Å². The van der Waals surface area contributed by atoms with E-state index in [1.807, 2.05) is 24.3 Å². The van der Waals surface area contributed by atoms with Crippen molar-refractivity contribution in [3.63, 3.8) is 0 Å². The Kier molecular flexibility index (Phi) is 6.21. The highest BCUT2D eigenvalue weighted by molar-refractivity contribution is 7.18. The van der Waals surface area contributed by atoms with E-state index >= 15 is 0 Å². The van der Waals surface area contributed by atoms with Gasteiger partial charge in [-0.05, 0) is 19.1 Å². The van der Waals surface area contributed by atoms with Gasteiger partial charge in [-0.1, -0.05) is 23.5 Å². The molecule has 0 spiro atoms. The molecular weight excluding hydrogens is 332 g/mol. The quantitative estimate of drug-likeness (QED) is 0.780. The fraction of sp³-hybridized carbons (Fsp3) is 0.333. The first kappa shape index (κ1) is 17.8. The van der Waals surface area contributed by atoms with E-state index in [1.54, 1.807) is 14.0 Å². The van der Waals surface area contributed by atoms with Gasteiger partial charge < -0.3 is 14.8 Å². The second kappa shape index (κ2) is 8.37. The van der Waals surface area contributed by atoms with Crippen LogP contribution in [0.3, 0.4) is 0 Å². The van der Waals surface area contributed by atoms with Gasteiger partial charge in [-0.25, -0.2) is 0 Å². The van der Waals surface area contributed by atoms with E-state index in [0.29, 0.717) is 15.9 Å². The van der Waals surface area contributed by atoms with E-state index in [-0.39, 0.29) is 18.4 Å². The third kappa shape index (κ3) is 4.74. The molecule has 2 N–H and O–H groups in total. The highest BCUT2D eigenvalue weighted by Gasteiger charge is 2.17. The lowest BCUT2D eigenvalue weighted by atomic mass is 10.2. The Bertz CT molecular complexity index is 719. The van der Waals surface area contributed by atoms with Gasteiger partial charge in [0.1, 0.15) is 23.4 Å². The Labute approximate surface area is 143 Å². The number of methoxy groups -OCH3 is 2. The number of nitrogens with one attached hydrogen (secondary N) is 2. The van der Waals surface area contributed by atoms with Gasteiger partial charge >= 0.3 is 0 Å². The van der Waals surface area contributed by atoms with Gasteiger partial charge in [0.2, 0.25) is 16.9 Å². The maximum absolute atomic E-state index is 12.1. The molecule has 2 aromatic rings. The molecule has 1 aromatic carbocycles. The SMILES string of the molecule is COCC(=O)NC(C)C(=O)Nc1nnc(-c2cccc(OC)c2)s1. The van der Waals surface area contributed by atoms with Crippen molar-refractivity contribution in [3.05, 3.63) is 24.3 Å². The third-order valence-electron chi connectivity index (χ3n) is 3.02. The lowest BCUT2D eigenvalue weighted by molar-refractivity contribution is -0.128. The van der Waals surface area contributed by atoms with Crippen molar-refractivity contribution in [1.82, 2.24) is 15.5 Å². The molecule has 0 aliphatic rings. The molecule has 8 nitrogen and oxygen atoms in total. The summed E-state index contributed by atoms with van der Waals surface area (Å²) in [5, 5.41) is 14.2. The van der Waals surface area contributed by atoms with E-state index < -0.39 is 6.04 Å². The minimum absolute atomic E-state index is 0.101. The van der Waals surface area contributed by atoms with E-state index in [1.165, 1.54) is 18.4 Å². The second-order valence-electron chi connectivity index (χ2n) is 4.86. The first-order valence-electron chi connectivity index (χ1n) is 7.10. The molecule has 0 saturated carbocycles. The molecule has 1 unspecified atom stereocenters. The molecule has 0 bridgehead atoms. The molecule has 2 rings (SSSR count). The largest absolute Gasteiger partial charge is 0.497 e. The molecule has 0 aliphatic carbocycles. The van der Waals surface area contributed by atoms with Crippen LogP contribution in [0.5, 0.6) is 5.75 Å². The van der Waals surface area contributed by atoms with Gasteiger partial charge in [-0.15, -0.1) is 10.2 Å². The minimum Gasteiger partial charge on any atom is -0.497 e. The zero-order valence-electron chi connectivity index (χ0n) is 13.5. The van der Waals surface area contributed by atoms with Crippen LogP contribution in [0.15, 0.2) is 24.3 Å². The van der Waals surface area contributed by atoms with Crippen molar-refractivity contribution in [2.75, 3.05) is 26.1 Å². The average Bonchev–Trinajstić information content (AvgIpc) is 3.03. The summed E-state index contributed by atoms with van der Waals surface area (Å²) < 4.78 is 9.87. The van der Waals surface area contributed by atoms with Crippen LogP contribution >= 0.6 is 11.3 Å². The lowest BCUT2D eigenvalue weighted by Crippen LogP contribution is -2.43. The summed E-state index contributed by atoms with van der Waals surface area (Å²) in [6.07, 6.45) is 0. The molecule has 9 heteroatoms. The lowest BCUT2D eigenvalue weighted by Gasteiger charge is -2.12. The van der Waals surface area contributed by atoms with Crippen molar-refractivity contribution in [3.8, 4) is 16.3 Å². The summed E-state index contributed by atoms with van der Waals surface area (Å²) in [5.41, 5.74) is 0.841. The second-order valence-corrected chi connectivity index (χ2v) is 5.83. The molecule has 1 aromatic heterocycles. The van der Waals surface area contributed by atoms with Gasteiger partial charge in [-0.2, -0.15) is 0 Å². The van der Waals surface area contributed by atoms with Crippen molar-refractivity contribution >= 4 is 28.3 Å². The Morgan fingerprint density at radius 3 is 2.79 bits per heavy atom. The summed E-state index contributed by atoms with van der Waals surface area (Å²) >= 11 is 1.23. The molecule has 2 amide bonds. The van der Waals surface area contributed by atoms with E-state index in [9.17, 15) is 9.59 Å². The number of carbonyl (C=O) groups excluding carboxylic acids is 2. The van der Waals surface area contributed by atoms with Crippen LogP contribution in [0.2, 0.25) is 0 Å². The van der Waals surface area contributed by atoms with E-state index in [2.05, 4.69) is 20.8 Å². The number of rotatable bonds is 7. The van der Waals surface area contributed by atoms with Gasteiger partial charge in [0.15, 0.2) is 0 Å². The Balaban J connectivity index is 2.00.